The van der Waals surface area contributed by atoms with Crippen LogP contribution >= 0.6 is 0 Å². The van der Waals surface area contributed by atoms with Crippen LogP contribution in [0.25, 0.3) is 16.7 Å². The third-order valence-electron chi connectivity index (χ3n) is 6.37. The Hall–Kier alpha value is -4.78. The quantitative estimate of drug-likeness (QED) is 0.0854. The molecule has 13 nitrogen and oxygen atoms in total. The van der Waals surface area contributed by atoms with Crippen LogP contribution in [0, 0.1) is 0 Å². The molecule has 3 aromatic heterocycles. The molecule has 0 radical (unpaired) electrons. The van der Waals surface area contributed by atoms with Crippen molar-refractivity contribution >= 4 is 34.2 Å². The van der Waals surface area contributed by atoms with E-state index in [-0.39, 0.29) is 5.56 Å². The van der Waals surface area contributed by atoms with Crippen molar-refractivity contribution in [1.82, 2.24) is 40.0 Å². The number of hydrazine groups is 1. The first-order valence-corrected chi connectivity index (χ1v) is 12.2. The van der Waals surface area contributed by atoms with E-state index in [0.29, 0.717) is 66.9 Å². The Balaban J connectivity index is 1.35. The zero-order valence-electron chi connectivity index (χ0n) is 21.1. The summed E-state index contributed by atoms with van der Waals surface area (Å²) in [5, 5.41) is 4.88. The van der Waals surface area contributed by atoms with Crippen LogP contribution < -0.4 is 16.0 Å². The van der Waals surface area contributed by atoms with Crippen molar-refractivity contribution in [2.24, 2.45) is 10.8 Å². The molecular formula is C25H28N10O3. The lowest BCUT2D eigenvalue weighted by Crippen LogP contribution is -2.55. The number of rotatable bonds is 6. The van der Waals surface area contributed by atoms with Gasteiger partial charge in [0.15, 0.2) is 11.6 Å². The summed E-state index contributed by atoms with van der Waals surface area (Å²) in [5.41, 5.74) is 4.12. The Morgan fingerprint density at radius 2 is 1.87 bits per heavy atom. The fourth-order valence-corrected chi connectivity index (χ4v) is 4.37. The Kier molecular flexibility index (Phi) is 7.00. The van der Waals surface area contributed by atoms with Crippen LogP contribution in [-0.4, -0.2) is 85.5 Å². The molecule has 4 heterocycles. The molecular weight excluding hydrogens is 488 g/mol. The number of hydrogen-bond donors (Lipinski definition) is 3. The SMILES string of the molecule is CCc1ncn(-c2ncc(OC)c3c(C(=O)C(=O)N4CCN(C(=Nc5ccccc5)NN)CC4)c[nH]c23)n1. The van der Waals surface area contributed by atoms with Gasteiger partial charge in [-0.3, -0.25) is 15.0 Å². The van der Waals surface area contributed by atoms with E-state index in [1.165, 1.54) is 29.1 Å². The van der Waals surface area contributed by atoms with Crippen LogP contribution in [-0.2, 0) is 11.2 Å². The molecule has 0 bridgehead atoms. The molecule has 1 aliphatic rings. The van der Waals surface area contributed by atoms with E-state index in [9.17, 15) is 9.59 Å². The number of aryl methyl sites for hydroxylation is 1. The number of nitrogens with one attached hydrogen (secondary N) is 2. The Morgan fingerprint density at radius 3 is 2.53 bits per heavy atom. The number of Topliss-reactive ketones (excluding diaryl/α,β-unsaturated/α-hetero) is 1. The van der Waals surface area contributed by atoms with E-state index >= 15 is 0 Å². The smallest absolute Gasteiger partial charge is 0.295 e. The summed E-state index contributed by atoms with van der Waals surface area (Å²) < 4.78 is 7.01. The summed E-state index contributed by atoms with van der Waals surface area (Å²) in [7, 11) is 1.49. The molecule has 196 valence electrons. The molecule has 38 heavy (non-hydrogen) atoms. The number of carbonyl (C=O) groups is 2. The number of nitrogens with zero attached hydrogens (tertiary/aromatic N) is 7. The Bertz CT molecular complexity index is 1490. The molecule has 1 fully saturated rings. The number of benzene rings is 1. The standard InChI is InChI=1S/C25H28N10O3/c1-3-19-29-15-35(32-19)23-21-20(18(38-2)14-28-23)17(13-27-21)22(36)24(37)33-9-11-34(12-10-33)25(31-26)30-16-7-5-4-6-8-16/h4-8,13-15,27H,3,9-12,26H2,1-2H3,(H,30,31). The maximum atomic E-state index is 13.4. The normalized spacial score (nSPS) is 14.1. The van der Waals surface area contributed by atoms with Crippen LogP contribution in [0.2, 0.25) is 0 Å². The number of hydrogen-bond acceptors (Lipinski definition) is 8. The topological polar surface area (TPSA) is 160 Å². The monoisotopic (exact) mass is 516 g/mol. The molecule has 0 aliphatic carbocycles. The van der Waals surface area contributed by atoms with Gasteiger partial charge in [-0.15, -0.1) is 5.10 Å². The lowest BCUT2D eigenvalue weighted by Gasteiger charge is -2.35. The number of carbonyl (C=O) groups excluding carboxylic acids is 2. The lowest BCUT2D eigenvalue weighted by atomic mass is 10.1. The summed E-state index contributed by atoms with van der Waals surface area (Å²) in [4.78, 5) is 46.5. The number of nitrogens with two attached hydrogens (primary N) is 1. The predicted molar refractivity (Wildman–Crippen MR) is 140 cm³/mol. The second kappa shape index (κ2) is 10.7. The van der Waals surface area contributed by atoms with Gasteiger partial charge in [-0.05, 0) is 12.1 Å². The maximum Gasteiger partial charge on any atom is 0.295 e. The van der Waals surface area contributed by atoms with Gasteiger partial charge in [0, 0.05) is 38.8 Å². The van der Waals surface area contributed by atoms with Gasteiger partial charge < -0.3 is 19.5 Å². The van der Waals surface area contributed by atoms with Crippen molar-refractivity contribution in [3.63, 3.8) is 0 Å². The van der Waals surface area contributed by atoms with Crippen LogP contribution in [0.3, 0.4) is 0 Å². The maximum absolute atomic E-state index is 13.4. The predicted octanol–water partition coefficient (Wildman–Crippen LogP) is 1.19. The Morgan fingerprint density at radius 1 is 1.13 bits per heavy atom. The number of ketones is 1. The van der Waals surface area contributed by atoms with E-state index in [1.54, 1.807) is 6.33 Å². The first-order chi connectivity index (χ1) is 18.5. The van der Waals surface area contributed by atoms with Gasteiger partial charge in [0.25, 0.3) is 11.7 Å². The summed E-state index contributed by atoms with van der Waals surface area (Å²) in [6.45, 7) is 3.56. The minimum absolute atomic E-state index is 0.207. The number of H-pyrrole nitrogens is 1. The van der Waals surface area contributed by atoms with Gasteiger partial charge in [-0.1, -0.05) is 25.1 Å². The van der Waals surface area contributed by atoms with Crippen LogP contribution in [0.15, 0.2) is 54.0 Å². The van der Waals surface area contributed by atoms with Crippen molar-refractivity contribution < 1.29 is 14.3 Å². The second-order valence-corrected chi connectivity index (χ2v) is 8.59. The van der Waals surface area contributed by atoms with Gasteiger partial charge in [0.05, 0.1) is 35.5 Å². The van der Waals surface area contributed by atoms with Crippen molar-refractivity contribution in [2.45, 2.75) is 13.3 Å². The molecule has 0 saturated carbocycles. The minimum Gasteiger partial charge on any atom is -0.494 e. The molecule has 1 amide bonds. The van der Waals surface area contributed by atoms with E-state index in [1.807, 2.05) is 42.2 Å². The largest absolute Gasteiger partial charge is 0.494 e. The van der Waals surface area contributed by atoms with Crippen molar-refractivity contribution in [1.29, 1.82) is 0 Å². The molecule has 4 aromatic rings. The van der Waals surface area contributed by atoms with Crippen molar-refractivity contribution in [3.8, 4) is 11.6 Å². The van der Waals surface area contributed by atoms with Crippen LogP contribution in [0.1, 0.15) is 23.1 Å². The van der Waals surface area contributed by atoms with Crippen molar-refractivity contribution in [2.75, 3.05) is 33.3 Å². The average molecular weight is 517 g/mol. The first-order valence-electron chi connectivity index (χ1n) is 12.2. The van der Waals surface area contributed by atoms with Gasteiger partial charge >= 0.3 is 0 Å². The highest BCUT2D eigenvalue weighted by Gasteiger charge is 2.31. The Labute approximate surface area is 218 Å². The van der Waals surface area contributed by atoms with Gasteiger partial charge in [-0.2, -0.15) is 0 Å². The molecule has 5 rings (SSSR count). The summed E-state index contributed by atoms with van der Waals surface area (Å²) >= 11 is 0. The number of ether oxygens (including phenoxy) is 1. The first kappa shape index (κ1) is 24.9. The highest BCUT2D eigenvalue weighted by Crippen LogP contribution is 2.32. The number of para-hydroxylation sites is 1. The molecule has 0 unspecified atom stereocenters. The van der Waals surface area contributed by atoms with Gasteiger partial charge in [0.1, 0.15) is 12.1 Å². The van der Waals surface area contributed by atoms with E-state index in [2.05, 4.69) is 30.5 Å². The average Bonchev–Trinajstić information content (AvgIpc) is 3.63. The number of pyridine rings is 1. The number of guanidine groups is 1. The third-order valence-corrected chi connectivity index (χ3v) is 6.37. The number of aromatic amines is 1. The molecule has 0 atom stereocenters. The fourth-order valence-electron chi connectivity index (χ4n) is 4.37. The number of aromatic nitrogens is 5. The van der Waals surface area contributed by atoms with Crippen LogP contribution in [0.5, 0.6) is 5.75 Å². The summed E-state index contributed by atoms with van der Waals surface area (Å²) in [5.74, 6) is 6.46. The molecule has 1 aromatic carbocycles. The van der Waals surface area contributed by atoms with E-state index in [4.69, 9.17) is 10.6 Å². The van der Waals surface area contributed by atoms with Gasteiger partial charge in [-0.25, -0.2) is 25.5 Å². The fraction of sp³-hybridized carbons (Fsp3) is 0.280. The molecule has 4 N–H and O–H groups in total. The molecule has 13 heteroatoms. The summed E-state index contributed by atoms with van der Waals surface area (Å²) in [6, 6.07) is 9.44. The van der Waals surface area contributed by atoms with Crippen molar-refractivity contribution in [3.05, 3.63) is 60.4 Å². The molecule has 0 spiro atoms. The highest BCUT2D eigenvalue weighted by atomic mass is 16.5. The zero-order valence-corrected chi connectivity index (χ0v) is 21.1. The number of aliphatic imine (C=N–C) groups is 1. The van der Waals surface area contributed by atoms with Gasteiger partial charge in [0.2, 0.25) is 5.96 Å². The van der Waals surface area contributed by atoms with E-state index < -0.39 is 11.7 Å². The number of piperazine rings is 1. The van der Waals surface area contributed by atoms with Crippen LogP contribution in [0.4, 0.5) is 5.69 Å². The molecule has 1 aliphatic heterocycles. The lowest BCUT2D eigenvalue weighted by molar-refractivity contribution is -0.127. The number of amides is 1. The zero-order chi connectivity index (χ0) is 26.6. The second-order valence-electron chi connectivity index (χ2n) is 8.59. The summed E-state index contributed by atoms with van der Waals surface area (Å²) in [6.07, 6.45) is 5.25. The van der Waals surface area contributed by atoms with E-state index in [0.717, 1.165) is 5.69 Å². The number of fused-ring (bicyclic) bond motifs is 1. The third kappa shape index (κ3) is 4.66. The minimum atomic E-state index is -0.636. The highest BCUT2D eigenvalue weighted by molar-refractivity contribution is 6.45. The number of methoxy groups -OCH3 is 1. The molecule has 1 saturated heterocycles.